The number of aliphatic hydroxyl groups excluding tert-OH is 1. The number of hydrogen-bond acceptors (Lipinski definition) is 3. The van der Waals surface area contributed by atoms with Gasteiger partial charge in [-0.05, 0) is 25.7 Å². The zero-order chi connectivity index (χ0) is 12.4. The smallest absolute Gasteiger partial charge is 0.0613 e. The number of rotatable bonds is 10. The molecule has 1 unspecified atom stereocenters. The summed E-state index contributed by atoms with van der Waals surface area (Å²) < 4.78 is 5.46. The first kappa shape index (κ1) is 15.9. The van der Waals surface area contributed by atoms with E-state index in [1.165, 1.54) is 0 Å². The lowest BCUT2D eigenvalue weighted by Crippen LogP contribution is -2.51. The topological polar surface area (TPSA) is 41.5 Å². The molecule has 0 spiro atoms. The molecule has 0 aliphatic carbocycles. The van der Waals surface area contributed by atoms with Gasteiger partial charge in [-0.3, -0.25) is 0 Å². The van der Waals surface area contributed by atoms with Crippen molar-refractivity contribution < 1.29 is 9.84 Å². The van der Waals surface area contributed by atoms with E-state index in [9.17, 15) is 5.11 Å². The normalized spacial score (nSPS) is 15.4. The van der Waals surface area contributed by atoms with Gasteiger partial charge in [0, 0.05) is 24.8 Å². The monoisotopic (exact) mass is 231 g/mol. The maximum absolute atomic E-state index is 9.52. The molecule has 0 rings (SSSR count). The highest BCUT2D eigenvalue weighted by molar-refractivity contribution is 4.87. The van der Waals surface area contributed by atoms with Gasteiger partial charge in [-0.1, -0.05) is 27.7 Å². The summed E-state index contributed by atoms with van der Waals surface area (Å²) in [6.07, 6.45) is 4.01. The van der Waals surface area contributed by atoms with Crippen molar-refractivity contribution in [3.63, 3.8) is 0 Å². The van der Waals surface area contributed by atoms with E-state index >= 15 is 0 Å². The van der Waals surface area contributed by atoms with Gasteiger partial charge in [0.15, 0.2) is 0 Å². The van der Waals surface area contributed by atoms with Gasteiger partial charge in [0.1, 0.15) is 0 Å². The second kappa shape index (κ2) is 8.97. The van der Waals surface area contributed by atoms with Gasteiger partial charge >= 0.3 is 0 Å². The molecule has 2 N–H and O–H groups in total. The Balaban J connectivity index is 3.92. The van der Waals surface area contributed by atoms with Crippen LogP contribution in [0.2, 0.25) is 0 Å². The Morgan fingerprint density at radius 1 is 1.25 bits per heavy atom. The molecule has 0 amide bonds. The van der Waals surface area contributed by atoms with Crippen LogP contribution in [0.3, 0.4) is 0 Å². The Bertz CT molecular complexity index is 156. The summed E-state index contributed by atoms with van der Waals surface area (Å²) >= 11 is 0. The molecular formula is C13H29NO2. The van der Waals surface area contributed by atoms with Crippen molar-refractivity contribution in [3.8, 4) is 0 Å². The van der Waals surface area contributed by atoms with Crippen LogP contribution in [0.5, 0.6) is 0 Å². The molecule has 0 heterocycles. The molecule has 0 aliphatic rings. The first-order valence-electron chi connectivity index (χ1n) is 6.56. The van der Waals surface area contributed by atoms with Crippen LogP contribution < -0.4 is 5.32 Å². The van der Waals surface area contributed by atoms with Gasteiger partial charge in [-0.15, -0.1) is 0 Å². The van der Waals surface area contributed by atoms with Gasteiger partial charge in [0.25, 0.3) is 0 Å². The highest BCUT2D eigenvalue weighted by Crippen LogP contribution is 2.18. The highest BCUT2D eigenvalue weighted by atomic mass is 16.5. The van der Waals surface area contributed by atoms with Crippen LogP contribution in [-0.2, 0) is 4.74 Å². The van der Waals surface area contributed by atoms with Crippen molar-refractivity contribution in [2.75, 3.05) is 19.8 Å². The maximum atomic E-state index is 9.52. The van der Waals surface area contributed by atoms with Gasteiger partial charge in [-0.25, -0.2) is 0 Å². The van der Waals surface area contributed by atoms with Crippen LogP contribution in [0, 0.1) is 0 Å². The molecule has 98 valence electrons. The Morgan fingerprint density at radius 2 is 1.94 bits per heavy atom. The third-order valence-corrected chi connectivity index (χ3v) is 2.87. The predicted octanol–water partition coefficient (Wildman–Crippen LogP) is 2.33. The van der Waals surface area contributed by atoms with Crippen molar-refractivity contribution in [2.24, 2.45) is 0 Å². The van der Waals surface area contributed by atoms with Crippen LogP contribution in [0.4, 0.5) is 0 Å². The lowest BCUT2D eigenvalue weighted by molar-refractivity contribution is 0.0992. The third-order valence-electron chi connectivity index (χ3n) is 2.87. The molecule has 3 heteroatoms. The zero-order valence-corrected chi connectivity index (χ0v) is 11.4. The summed E-state index contributed by atoms with van der Waals surface area (Å²) in [6, 6.07) is 0.406. The molecule has 16 heavy (non-hydrogen) atoms. The number of ether oxygens (including phenoxy) is 1. The minimum absolute atomic E-state index is 0.121. The molecule has 0 fully saturated rings. The van der Waals surface area contributed by atoms with E-state index < -0.39 is 0 Å². The van der Waals surface area contributed by atoms with Gasteiger partial charge in [0.05, 0.1) is 6.61 Å². The van der Waals surface area contributed by atoms with E-state index in [1.54, 1.807) is 0 Å². The van der Waals surface area contributed by atoms with Gasteiger partial charge in [0.2, 0.25) is 0 Å². The van der Waals surface area contributed by atoms with Crippen molar-refractivity contribution >= 4 is 0 Å². The summed E-state index contributed by atoms with van der Waals surface area (Å²) in [5, 5.41) is 13.0. The molecule has 0 saturated heterocycles. The first-order chi connectivity index (χ1) is 7.60. The fourth-order valence-corrected chi connectivity index (χ4v) is 1.96. The molecule has 0 aromatic rings. The van der Waals surface area contributed by atoms with Crippen LogP contribution in [0.15, 0.2) is 0 Å². The Morgan fingerprint density at radius 3 is 2.38 bits per heavy atom. The van der Waals surface area contributed by atoms with Crippen molar-refractivity contribution in [3.05, 3.63) is 0 Å². The van der Waals surface area contributed by atoms with Crippen LogP contribution in [0.25, 0.3) is 0 Å². The third kappa shape index (κ3) is 6.46. The van der Waals surface area contributed by atoms with Gasteiger partial charge in [-0.2, -0.15) is 0 Å². The molecule has 3 nitrogen and oxygen atoms in total. The lowest BCUT2D eigenvalue weighted by atomic mass is 9.90. The van der Waals surface area contributed by atoms with E-state index in [0.717, 1.165) is 38.9 Å². The van der Waals surface area contributed by atoms with E-state index in [0.29, 0.717) is 6.04 Å². The number of aliphatic hydroxyl groups is 1. The van der Waals surface area contributed by atoms with Crippen molar-refractivity contribution in [1.82, 2.24) is 5.32 Å². The van der Waals surface area contributed by atoms with Crippen molar-refractivity contribution in [1.29, 1.82) is 0 Å². The Labute approximate surface area is 101 Å². The SMILES string of the molecule is CCCOCCCC(CC)(CO)NC(C)C. The standard InChI is InChI=1S/C13H29NO2/c1-5-9-16-10-7-8-13(6-2,11-15)14-12(3)4/h12,14-15H,5-11H2,1-4H3. The molecular weight excluding hydrogens is 202 g/mol. The molecule has 0 aromatic carbocycles. The van der Waals surface area contributed by atoms with Crippen LogP contribution in [0.1, 0.15) is 53.4 Å². The molecule has 1 atom stereocenters. The van der Waals surface area contributed by atoms with E-state index in [-0.39, 0.29) is 12.1 Å². The lowest BCUT2D eigenvalue weighted by Gasteiger charge is -2.34. The fourth-order valence-electron chi connectivity index (χ4n) is 1.96. The largest absolute Gasteiger partial charge is 0.394 e. The predicted molar refractivity (Wildman–Crippen MR) is 68.7 cm³/mol. The quantitative estimate of drug-likeness (QED) is 0.567. The van der Waals surface area contributed by atoms with Crippen LogP contribution >= 0.6 is 0 Å². The number of hydrogen-bond donors (Lipinski definition) is 2. The summed E-state index contributed by atoms with van der Waals surface area (Å²) in [5.74, 6) is 0. The van der Waals surface area contributed by atoms with Crippen LogP contribution in [-0.4, -0.2) is 36.5 Å². The highest BCUT2D eigenvalue weighted by Gasteiger charge is 2.26. The minimum atomic E-state index is -0.121. The number of nitrogens with one attached hydrogen (secondary N) is 1. The second-order valence-corrected chi connectivity index (χ2v) is 4.81. The summed E-state index contributed by atoms with van der Waals surface area (Å²) in [4.78, 5) is 0. The van der Waals surface area contributed by atoms with Gasteiger partial charge < -0.3 is 15.2 Å². The average molecular weight is 231 g/mol. The summed E-state index contributed by atoms with van der Waals surface area (Å²) in [7, 11) is 0. The molecule has 0 aromatic heterocycles. The Kier molecular flexibility index (Phi) is 8.90. The summed E-state index contributed by atoms with van der Waals surface area (Å²) in [5.41, 5.74) is -0.121. The second-order valence-electron chi connectivity index (χ2n) is 4.81. The summed E-state index contributed by atoms with van der Waals surface area (Å²) in [6.45, 7) is 10.3. The van der Waals surface area contributed by atoms with E-state index in [1.807, 2.05) is 0 Å². The van der Waals surface area contributed by atoms with E-state index in [4.69, 9.17) is 4.74 Å². The van der Waals surface area contributed by atoms with E-state index in [2.05, 4.69) is 33.0 Å². The minimum Gasteiger partial charge on any atom is -0.394 e. The molecule has 0 bridgehead atoms. The molecule has 0 aliphatic heterocycles. The first-order valence-corrected chi connectivity index (χ1v) is 6.56. The van der Waals surface area contributed by atoms with Crippen molar-refractivity contribution in [2.45, 2.75) is 65.0 Å². The Hall–Kier alpha value is -0.120. The molecule has 0 saturated carbocycles. The maximum Gasteiger partial charge on any atom is 0.0613 e. The average Bonchev–Trinajstić information content (AvgIpc) is 2.26. The molecule has 0 radical (unpaired) electrons. The zero-order valence-electron chi connectivity index (χ0n) is 11.4. The fraction of sp³-hybridized carbons (Fsp3) is 1.00.